The summed E-state index contributed by atoms with van der Waals surface area (Å²) in [6, 6.07) is 0. The Morgan fingerprint density at radius 1 is 1.58 bits per heavy atom. The molecule has 0 aliphatic rings. The second-order valence-electron chi connectivity index (χ2n) is 2.50. The Balaban J connectivity index is 2.65. The van der Waals surface area contributed by atoms with Crippen molar-refractivity contribution < 1.29 is 4.79 Å². The molecule has 1 heterocycles. The van der Waals surface area contributed by atoms with E-state index in [0.29, 0.717) is 6.54 Å². The number of nitrogens with zero attached hydrogens (tertiary/aromatic N) is 3. The van der Waals surface area contributed by atoms with E-state index in [0.717, 1.165) is 5.56 Å². The Hall–Kier alpha value is -1.54. The molecule has 1 aromatic heterocycles. The van der Waals surface area contributed by atoms with E-state index in [2.05, 4.69) is 15.0 Å². The van der Waals surface area contributed by atoms with E-state index in [4.69, 9.17) is 0 Å². The van der Waals surface area contributed by atoms with E-state index in [1.807, 2.05) is 6.92 Å². The fourth-order valence-electron chi connectivity index (χ4n) is 0.845. The van der Waals surface area contributed by atoms with Crippen LogP contribution in [-0.4, -0.2) is 22.6 Å². The van der Waals surface area contributed by atoms with Gasteiger partial charge in [-0.25, -0.2) is 19.8 Å². The third-order valence-corrected chi connectivity index (χ3v) is 1.58. The van der Waals surface area contributed by atoms with Gasteiger partial charge in [-0.15, -0.1) is 0 Å². The second-order valence-corrected chi connectivity index (χ2v) is 2.50. The Labute approximate surface area is 70.4 Å². The van der Waals surface area contributed by atoms with Crippen molar-refractivity contribution in [3.05, 3.63) is 24.3 Å². The number of aliphatic imine (C=N–C) groups is 1. The fraction of sp³-hybridized carbons (Fsp3) is 0.375. The van der Waals surface area contributed by atoms with Gasteiger partial charge in [0.05, 0.1) is 6.54 Å². The van der Waals surface area contributed by atoms with Crippen LogP contribution in [0.25, 0.3) is 0 Å². The van der Waals surface area contributed by atoms with Crippen LogP contribution in [0.3, 0.4) is 0 Å². The first-order valence-corrected chi connectivity index (χ1v) is 3.63. The van der Waals surface area contributed by atoms with E-state index < -0.39 is 0 Å². The van der Waals surface area contributed by atoms with Crippen LogP contribution in [0.15, 0.2) is 23.7 Å². The molecule has 0 aromatic carbocycles. The summed E-state index contributed by atoms with van der Waals surface area (Å²) in [7, 11) is 0. The first kappa shape index (κ1) is 8.56. The number of carbonyl (C=O) groups excluding carboxylic acids is 1. The van der Waals surface area contributed by atoms with Gasteiger partial charge in [-0.05, 0) is 5.56 Å². The number of rotatable bonds is 3. The number of hydrogen-bond donors (Lipinski definition) is 0. The van der Waals surface area contributed by atoms with E-state index in [1.165, 1.54) is 12.4 Å². The van der Waals surface area contributed by atoms with Gasteiger partial charge in [0.1, 0.15) is 6.33 Å². The monoisotopic (exact) mass is 163 g/mol. The van der Waals surface area contributed by atoms with E-state index in [1.54, 1.807) is 12.4 Å². The predicted molar refractivity (Wildman–Crippen MR) is 43.4 cm³/mol. The highest BCUT2D eigenvalue weighted by molar-refractivity contribution is 5.33. The molecule has 0 N–H and O–H groups in total. The molecule has 0 amide bonds. The van der Waals surface area contributed by atoms with Gasteiger partial charge in [0.15, 0.2) is 0 Å². The van der Waals surface area contributed by atoms with E-state index in [9.17, 15) is 4.79 Å². The maximum atomic E-state index is 9.82. The van der Waals surface area contributed by atoms with Gasteiger partial charge in [0, 0.05) is 18.3 Å². The zero-order valence-electron chi connectivity index (χ0n) is 6.77. The predicted octanol–water partition coefficient (Wildman–Crippen LogP) is 0.916. The summed E-state index contributed by atoms with van der Waals surface area (Å²) < 4.78 is 0. The molecule has 0 radical (unpaired) electrons. The number of isocyanates is 1. The van der Waals surface area contributed by atoms with Crippen molar-refractivity contribution in [3.8, 4) is 0 Å². The zero-order valence-corrected chi connectivity index (χ0v) is 6.77. The Morgan fingerprint density at radius 3 is 2.83 bits per heavy atom. The molecule has 1 unspecified atom stereocenters. The molecule has 0 bridgehead atoms. The average Bonchev–Trinajstić information content (AvgIpc) is 2.15. The fourth-order valence-corrected chi connectivity index (χ4v) is 0.845. The van der Waals surface area contributed by atoms with Crippen LogP contribution in [0.1, 0.15) is 18.4 Å². The SMILES string of the molecule is CC(CN=C=O)c1cncnc1. The van der Waals surface area contributed by atoms with E-state index >= 15 is 0 Å². The van der Waals surface area contributed by atoms with Crippen molar-refractivity contribution in [1.29, 1.82) is 0 Å². The molecule has 0 saturated carbocycles. The lowest BCUT2D eigenvalue weighted by Gasteiger charge is -2.04. The molecule has 4 heteroatoms. The van der Waals surface area contributed by atoms with Crippen molar-refractivity contribution in [2.45, 2.75) is 12.8 Å². The molecule has 1 atom stereocenters. The van der Waals surface area contributed by atoms with Crippen molar-refractivity contribution in [3.63, 3.8) is 0 Å². The smallest absolute Gasteiger partial charge is 0.234 e. The van der Waals surface area contributed by atoms with Crippen LogP contribution in [0, 0.1) is 0 Å². The average molecular weight is 163 g/mol. The van der Waals surface area contributed by atoms with Gasteiger partial charge in [-0.1, -0.05) is 6.92 Å². The van der Waals surface area contributed by atoms with Crippen LogP contribution in [-0.2, 0) is 4.79 Å². The molecule has 1 rings (SSSR count). The molecular weight excluding hydrogens is 154 g/mol. The highest BCUT2D eigenvalue weighted by atomic mass is 16.1. The zero-order chi connectivity index (χ0) is 8.81. The minimum atomic E-state index is 0.174. The largest absolute Gasteiger partial charge is 0.245 e. The lowest BCUT2D eigenvalue weighted by Crippen LogP contribution is -1.98. The minimum Gasteiger partial charge on any atom is -0.245 e. The molecule has 0 saturated heterocycles. The summed E-state index contributed by atoms with van der Waals surface area (Å²) in [4.78, 5) is 21.0. The first-order valence-electron chi connectivity index (χ1n) is 3.63. The van der Waals surface area contributed by atoms with Crippen LogP contribution >= 0.6 is 0 Å². The van der Waals surface area contributed by atoms with Crippen LogP contribution < -0.4 is 0 Å². The molecule has 0 spiro atoms. The summed E-state index contributed by atoms with van der Waals surface area (Å²) in [5.74, 6) is 0.174. The lowest BCUT2D eigenvalue weighted by atomic mass is 10.1. The highest BCUT2D eigenvalue weighted by Gasteiger charge is 2.03. The van der Waals surface area contributed by atoms with Gasteiger partial charge >= 0.3 is 0 Å². The summed E-state index contributed by atoms with van der Waals surface area (Å²) in [5.41, 5.74) is 0.983. The summed E-state index contributed by atoms with van der Waals surface area (Å²) >= 11 is 0. The van der Waals surface area contributed by atoms with Crippen molar-refractivity contribution in [2.24, 2.45) is 4.99 Å². The number of hydrogen-bond acceptors (Lipinski definition) is 4. The third kappa shape index (κ3) is 2.25. The highest BCUT2D eigenvalue weighted by Crippen LogP contribution is 2.11. The molecule has 4 nitrogen and oxygen atoms in total. The molecule has 0 aliphatic heterocycles. The third-order valence-electron chi connectivity index (χ3n) is 1.58. The van der Waals surface area contributed by atoms with Gasteiger partial charge in [-0.3, -0.25) is 0 Å². The molecular formula is C8H9N3O. The quantitative estimate of drug-likeness (QED) is 0.491. The van der Waals surface area contributed by atoms with Crippen LogP contribution in [0.2, 0.25) is 0 Å². The minimum absolute atomic E-state index is 0.174. The molecule has 0 aliphatic carbocycles. The van der Waals surface area contributed by atoms with Gasteiger partial charge in [0.2, 0.25) is 6.08 Å². The topological polar surface area (TPSA) is 55.2 Å². The van der Waals surface area contributed by atoms with Gasteiger partial charge in [0.25, 0.3) is 0 Å². The van der Waals surface area contributed by atoms with Crippen LogP contribution in [0.5, 0.6) is 0 Å². The Morgan fingerprint density at radius 2 is 2.25 bits per heavy atom. The maximum Gasteiger partial charge on any atom is 0.234 e. The molecule has 1 aromatic rings. The lowest BCUT2D eigenvalue weighted by molar-refractivity contribution is 0.561. The van der Waals surface area contributed by atoms with Gasteiger partial charge in [-0.2, -0.15) is 0 Å². The Bertz CT molecular complexity index is 280. The summed E-state index contributed by atoms with van der Waals surface area (Å²) in [6.45, 7) is 2.40. The molecule has 0 fully saturated rings. The Kier molecular flexibility index (Phi) is 3.11. The maximum absolute atomic E-state index is 9.82. The standard InChI is InChI=1S/C8H9N3O/c1-7(2-11-6-12)8-3-9-5-10-4-8/h3-5,7H,2H2,1H3. The van der Waals surface area contributed by atoms with Crippen molar-refractivity contribution in [2.75, 3.05) is 6.54 Å². The molecule has 62 valence electrons. The summed E-state index contributed by atoms with van der Waals surface area (Å²) in [6.07, 6.45) is 6.41. The summed E-state index contributed by atoms with van der Waals surface area (Å²) in [5, 5.41) is 0. The normalized spacial score (nSPS) is 11.8. The second kappa shape index (κ2) is 4.36. The van der Waals surface area contributed by atoms with Gasteiger partial charge < -0.3 is 0 Å². The van der Waals surface area contributed by atoms with E-state index in [-0.39, 0.29) is 5.92 Å². The molecule has 12 heavy (non-hydrogen) atoms. The van der Waals surface area contributed by atoms with Crippen molar-refractivity contribution >= 4 is 6.08 Å². The number of aromatic nitrogens is 2. The first-order chi connectivity index (χ1) is 5.84. The van der Waals surface area contributed by atoms with Crippen molar-refractivity contribution in [1.82, 2.24) is 9.97 Å². The van der Waals surface area contributed by atoms with Crippen LogP contribution in [0.4, 0.5) is 0 Å².